The van der Waals surface area contributed by atoms with E-state index in [1.165, 1.54) is 36.0 Å². The zero-order valence-electron chi connectivity index (χ0n) is 11.7. The minimum absolute atomic E-state index is 0.308. The normalized spacial score (nSPS) is 15.5. The first kappa shape index (κ1) is 12.5. The third-order valence-electron chi connectivity index (χ3n) is 4.11. The number of nitrogens with one attached hydrogen (secondary N) is 1. The number of aryl methyl sites for hydroxylation is 2. The van der Waals surface area contributed by atoms with Gasteiger partial charge in [-0.25, -0.2) is 0 Å². The van der Waals surface area contributed by atoms with Gasteiger partial charge in [0.25, 0.3) is 0 Å². The summed E-state index contributed by atoms with van der Waals surface area (Å²) < 4.78 is 6.01. The van der Waals surface area contributed by atoms with E-state index in [2.05, 4.69) is 42.6 Å². The summed E-state index contributed by atoms with van der Waals surface area (Å²) in [5.41, 5.74) is 4.21. The molecular formula is C17H21NO. The average molecular weight is 255 g/mol. The summed E-state index contributed by atoms with van der Waals surface area (Å²) in [5.74, 6) is 2.01. The van der Waals surface area contributed by atoms with Crippen LogP contribution in [0.2, 0.25) is 0 Å². The van der Waals surface area contributed by atoms with Crippen molar-refractivity contribution >= 4 is 0 Å². The smallest absolute Gasteiger partial charge is 0.134 e. The molecule has 1 unspecified atom stereocenters. The molecule has 0 saturated carbocycles. The molecule has 100 valence electrons. The van der Waals surface area contributed by atoms with Crippen LogP contribution in [0, 0.1) is 0 Å². The fourth-order valence-corrected chi connectivity index (χ4v) is 2.97. The molecule has 1 heterocycles. The van der Waals surface area contributed by atoms with E-state index >= 15 is 0 Å². The summed E-state index contributed by atoms with van der Waals surface area (Å²) in [4.78, 5) is 0. The summed E-state index contributed by atoms with van der Waals surface area (Å²) in [6, 6.07) is 11.2. The molecule has 19 heavy (non-hydrogen) atoms. The van der Waals surface area contributed by atoms with Crippen molar-refractivity contribution in [1.82, 2.24) is 5.32 Å². The van der Waals surface area contributed by atoms with Crippen LogP contribution in [0.1, 0.15) is 42.7 Å². The SMILES string of the molecule is CCC(NC)c1ccc(-c2ccc3c(c2)CCC3)o1. The van der Waals surface area contributed by atoms with Crippen LogP contribution < -0.4 is 5.32 Å². The number of fused-ring (bicyclic) bond motifs is 1. The monoisotopic (exact) mass is 255 g/mol. The first-order valence-corrected chi connectivity index (χ1v) is 7.21. The van der Waals surface area contributed by atoms with Crippen LogP contribution in [0.15, 0.2) is 34.7 Å². The Morgan fingerprint density at radius 2 is 2.00 bits per heavy atom. The number of furan rings is 1. The fraction of sp³-hybridized carbons (Fsp3) is 0.412. The molecule has 1 aromatic heterocycles. The first-order valence-electron chi connectivity index (χ1n) is 7.21. The zero-order valence-corrected chi connectivity index (χ0v) is 11.7. The fourth-order valence-electron chi connectivity index (χ4n) is 2.97. The summed E-state index contributed by atoms with van der Waals surface area (Å²) in [5, 5.41) is 3.28. The lowest BCUT2D eigenvalue weighted by molar-refractivity contribution is 0.431. The van der Waals surface area contributed by atoms with Crippen molar-refractivity contribution in [3.8, 4) is 11.3 Å². The van der Waals surface area contributed by atoms with E-state index in [0.717, 1.165) is 17.9 Å². The third-order valence-corrected chi connectivity index (χ3v) is 4.11. The Morgan fingerprint density at radius 1 is 1.16 bits per heavy atom. The van der Waals surface area contributed by atoms with Gasteiger partial charge in [-0.2, -0.15) is 0 Å². The lowest BCUT2D eigenvalue weighted by atomic mass is 10.1. The van der Waals surface area contributed by atoms with Crippen molar-refractivity contribution in [2.75, 3.05) is 7.05 Å². The molecule has 1 aliphatic rings. The van der Waals surface area contributed by atoms with E-state index < -0.39 is 0 Å². The molecule has 1 aliphatic carbocycles. The largest absolute Gasteiger partial charge is 0.459 e. The van der Waals surface area contributed by atoms with Crippen molar-refractivity contribution in [2.45, 2.75) is 38.6 Å². The Labute approximate surface area is 114 Å². The third kappa shape index (κ3) is 2.33. The molecule has 0 saturated heterocycles. The highest BCUT2D eigenvalue weighted by Gasteiger charge is 2.15. The minimum atomic E-state index is 0.308. The van der Waals surface area contributed by atoms with Crippen LogP contribution in [0.5, 0.6) is 0 Å². The van der Waals surface area contributed by atoms with Crippen molar-refractivity contribution in [1.29, 1.82) is 0 Å². The minimum Gasteiger partial charge on any atom is -0.459 e. The Kier molecular flexibility index (Phi) is 3.43. The second kappa shape index (κ2) is 5.22. The van der Waals surface area contributed by atoms with Gasteiger partial charge >= 0.3 is 0 Å². The summed E-state index contributed by atoms with van der Waals surface area (Å²) in [6.07, 6.45) is 4.77. The lowest BCUT2D eigenvalue weighted by Gasteiger charge is -2.10. The molecule has 0 radical (unpaired) electrons. The van der Waals surface area contributed by atoms with Gasteiger partial charge in [0.2, 0.25) is 0 Å². The number of rotatable bonds is 4. The molecule has 0 amide bonds. The van der Waals surface area contributed by atoms with Gasteiger partial charge in [-0.05, 0) is 62.1 Å². The summed E-state index contributed by atoms with van der Waals surface area (Å²) in [6.45, 7) is 2.17. The van der Waals surface area contributed by atoms with Gasteiger partial charge in [0.1, 0.15) is 11.5 Å². The van der Waals surface area contributed by atoms with Gasteiger partial charge in [-0.3, -0.25) is 0 Å². The lowest BCUT2D eigenvalue weighted by Crippen LogP contribution is -2.14. The standard InChI is InChI=1S/C17H21NO/c1-3-15(18-2)17-10-9-16(19-17)14-8-7-12-5-4-6-13(12)11-14/h7-11,15,18H,3-6H2,1-2H3. The maximum Gasteiger partial charge on any atom is 0.134 e. The van der Waals surface area contributed by atoms with Crippen LogP contribution in [-0.2, 0) is 12.8 Å². The molecule has 3 rings (SSSR count). The van der Waals surface area contributed by atoms with Gasteiger partial charge < -0.3 is 9.73 Å². The highest BCUT2D eigenvalue weighted by atomic mass is 16.3. The van der Waals surface area contributed by atoms with Crippen molar-refractivity contribution in [2.24, 2.45) is 0 Å². The summed E-state index contributed by atoms with van der Waals surface area (Å²) in [7, 11) is 1.98. The van der Waals surface area contributed by atoms with E-state index in [1.54, 1.807) is 0 Å². The van der Waals surface area contributed by atoms with Crippen molar-refractivity contribution in [3.63, 3.8) is 0 Å². The Hall–Kier alpha value is -1.54. The van der Waals surface area contributed by atoms with Crippen LogP contribution >= 0.6 is 0 Å². The van der Waals surface area contributed by atoms with E-state index in [9.17, 15) is 0 Å². The molecule has 2 aromatic rings. The highest BCUT2D eigenvalue weighted by molar-refractivity contribution is 5.60. The predicted molar refractivity (Wildman–Crippen MR) is 78.3 cm³/mol. The quantitative estimate of drug-likeness (QED) is 0.889. The first-order chi connectivity index (χ1) is 9.31. The van der Waals surface area contributed by atoms with Gasteiger partial charge in [0.15, 0.2) is 0 Å². The average Bonchev–Trinajstić information content (AvgIpc) is 3.08. The number of hydrogen-bond donors (Lipinski definition) is 1. The molecule has 0 fully saturated rings. The molecule has 0 spiro atoms. The zero-order chi connectivity index (χ0) is 13.2. The Balaban J connectivity index is 1.90. The molecule has 0 aliphatic heterocycles. The van der Waals surface area contributed by atoms with Crippen molar-refractivity contribution in [3.05, 3.63) is 47.2 Å². The van der Waals surface area contributed by atoms with Crippen molar-refractivity contribution < 1.29 is 4.42 Å². The van der Waals surface area contributed by atoms with E-state index in [1.807, 2.05) is 7.05 Å². The van der Waals surface area contributed by atoms with Crippen LogP contribution in [-0.4, -0.2) is 7.05 Å². The second-order valence-corrected chi connectivity index (χ2v) is 5.29. The van der Waals surface area contributed by atoms with Gasteiger partial charge in [-0.1, -0.05) is 19.1 Å². The van der Waals surface area contributed by atoms with Gasteiger partial charge in [0.05, 0.1) is 6.04 Å². The van der Waals surface area contributed by atoms with Gasteiger partial charge in [-0.15, -0.1) is 0 Å². The molecule has 2 nitrogen and oxygen atoms in total. The molecule has 0 bridgehead atoms. The maximum absolute atomic E-state index is 6.01. The van der Waals surface area contributed by atoms with Gasteiger partial charge in [0, 0.05) is 5.56 Å². The summed E-state index contributed by atoms with van der Waals surface area (Å²) >= 11 is 0. The predicted octanol–water partition coefficient (Wildman–Crippen LogP) is 4.11. The number of hydrogen-bond acceptors (Lipinski definition) is 2. The highest BCUT2D eigenvalue weighted by Crippen LogP contribution is 2.30. The Bertz CT molecular complexity index is 566. The Morgan fingerprint density at radius 3 is 2.79 bits per heavy atom. The number of benzene rings is 1. The molecule has 2 heteroatoms. The van der Waals surface area contributed by atoms with Crippen LogP contribution in [0.25, 0.3) is 11.3 Å². The van der Waals surface area contributed by atoms with E-state index in [0.29, 0.717) is 6.04 Å². The molecule has 1 atom stereocenters. The molecule has 1 N–H and O–H groups in total. The molecular weight excluding hydrogens is 234 g/mol. The maximum atomic E-state index is 6.01. The van der Waals surface area contributed by atoms with E-state index in [4.69, 9.17) is 4.42 Å². The van der Waals surface area contributed by atoms with E-state index in [-0.39, 0.29) is 0 Å². The topological polar surface area (TPSA) is 25.2 Å². The van der Waals surface area contributed by atoms with Crippen LogP contribution in [0.4, 0.5) is 0 Å². The molecule has 1 aromatic carbocycles. The second-order valence-electron chi connectivity index (χ2n) is 5.29. The van der Waals surface area contributed by atoms with Crippen LogP contribution in [0.3, 0.4) is 0 Å².